The zero-order valence-electron chi connectivity index (χ0n) is 7.89. The molecule has 0 unspecified atom stereocenters. The van der Waals surface area contributed by atoms with Crippen LogP contribution in [0.2, 0.25) is 5.02 Å². The van der Waals surface area contributed by atoms with Gasteiger partial charge in [0.15, 0.2) is 0 Å². The number of hydrogen-bond donors (Lipinski definition) is 1. The van der Waals surface area contributed by atoms with E-state index in [4.69, 9.17) is 17.3 Å². The predicted octanol–water partition coefficient (Wildman–Crippen LogP) is 3.38. The molecule has 1 aliphatic rings. The summed E-state index contributed by atoms with van der Waals surface area (Å²) in [6.45, 7) is 0.769. The van der Waals surface area contributed by atoms with Crippen LogP contribution in [0.3, 0.4) is 0 Å². The second-order valence-electron chi connectivity index (χ2n) is 4.08. The first-order chi connectivity index (χ1) is 6.67. The lowest BCUT2D eigenvalue weighted by Crippen LogP contribution is -2.18. The van der Waals surface area contributed by atoms with Crippen LogP contribution in [0.4, 0.5) is 0 Å². The standard InChI is InChI=1S/C11H13BrClN/c12-9-2-1-3-10(13)8(9)6-11(7-14)4-5-11/h1-3H,4-7,14H2. The van der Waals surface area contributed by atoms with E-state index >= 15 is 0 Å². The fourth-order valence-corrected chi connectivity index (χ4v) is 2.57. The third kappa shape index (κ3) is 1.97. The summed E-state index contributed by atoms with van der Waals surface area (Å²) in [5.41, 5.74) is 7.30. The lowest BCUT2D eigenvalue weighted by molar-refractivity contribution is 0.520. The molecule has 1 aromatic carbocycles. The second kappa shape index (κ2) is 3.84. The molecule has 0 aromatic heterocycles. The fraction of sp³-hybridized carbons (Fsp3) is 0.455. The van der Waals surface area contributed by atoms with Crippen molar-refractivity contribution in [1.29, 1.82) is 0 Å². The molecule has 1 fully saturated rings. The molecular formula is C11H13BrClN. The van der Waals surface area contributed by atoms with E-state index in [0.29, 0.717) is 5.41 Å². The molecule has 0 saturated heterocycles. The summed E-state index contributed by atoms with van der Waals surface area (Å²) in [7, 11) is 0. The maximum absolute atomic E-state index is 6.15. The molecule has 0 spiro atoms. The molecule has 1 aliphatic carbocycles. The largest absolute Gasteiger partial charge is 0.330 e. The Morgan fingerprint density at radius 2 is 2.14 bits per heavy atom. The van der Waals surface area contributed by atoms with E-state index < -0.39 is 0 Å². The lowest BCUT2D eigenvalue weighted by atomic mass is 9.97. The number of benzene rings is 1. The van der Waals surface area contributed by atoms with Gasteiger partial charge < -0.3 is 5.73 Å². The zero-order valence-corrected chi connectivity index (χ0v) is 10.2. The molecule has 1 aromatic rings. The Balaban J connectivity index is 2.24. The van der Waals surface area contributed by atoms with E-state index in [0.717, 1.165) is 22.5 Å². The van der Waals surface area contributed by atoms with Crippen molar-refractivity contribution >= 4 is 27.5 Å². The Bertz CT molecular complexity index is 327. The quantitative estimate of drug-likeness (QED) is 0.898. The first-order valence-electron chi connectivity index (χ1n) is 4.80. The van der Waals surface area contributed by atoms with Crippen molar-refractivity contribution in [2.75, 3.05) is 6.54 Å². The highest BCUT2D eigenvalue weighted by Crippen LogP contribution is 2.49. The summed E-state index contributed by atoms with van der Waals surface area (Å²) in [4.78, 5) is 0. The van der Waals surface area contributed by atoms with Gasteiger partial charge in [0.1, 0.15) is 0 Å². The minimum absolute atomic E-state index is 0.341. The molecule has 1 nitrogen and oxygen atoms in total. The van der Waals surface area contributed by atoms with Crippen molar-refractivity contribution in [1.82, 2.24) is 0 Å². The minimum Gasteiger partial charge on any atom is -0.330 e. The number of rotatable bonds is 3. The van der Waals surface area contributed by atoms with E-state index in [2.05, 4.69) is 15.9 Å². The maximum atomic E-state index is 6.15. The van der Waals surface area contributed by atoms with Crippen LogP contribution in [0, 0.1) is 5.41 Å². The first kappa shape index (κ1) is 10.5. The molecule has 0 bridgehead atoms. The topological polar surface area (TPSA) is 26.0 Å². The van der Waals surface area contributed by atoms with E-state index in [1.807, 2.05) is 18.2 Å². The average molecular weight is 275 g/mol. The van der Waals surface area contributed by atoms with Gasteiger partial charge in [-0.2, -0.15) is 0 Å². The van der Waals surface area contributed by atoms with Crippen LogP contribution in [-0.4, -0.2) is 6.54 Å². The highest BCUT2D eigenvalue weighted by molar-refractivity contribution is 9.10. The summed E-state index contributed by atoms with van der Waals surface area (Å²) in [6.07, 6.45) is 3.48. The highest BCUT2D eigenvalue weighted by atomic mass is 79.9. The Labute approximate surface area is 97.8 Å². The van der Waals surface area contributed by atoms with E-state index in [1.165, 1.54) is 18.4 Å². The summed E-state index contributed by atoms with van der Waals surface area (Å²) in [5.74, 6) is 0. The normalized spacial score (nSPS) is 18.2. The number of hydrogen-bond acceptors (Lipinski definition) is 1. The third-order valence-corrected chi connectivity index (χ3v) is 4.10. The van der Waals surface area contributed by atoms with Gasteiger partial charge in [-0.1, -0.05) is 33.6 Å². The molecule has 0 aliphatic heterocycles. The van der Waals surface area contributed by atoms with E-state index in [9.17, 15) is 0 Å². The Hall–Kier alpha value is -0.0500. The summed E-state index contributed by atoms with van der Waals surface area (Å²) in [6, 6.07) is 5.93. The van der Waals surface area contributed by atoms with Crippen LogP contribution in [0.25, 0.3) is 0 Å². The van der Waals surface area contributed by atoms with Gasteiger partial charge in [0, 0.05) is 9.50 Å². The van der Waals surface area contributed by atoms with E-state index in [-0.39, 0.29) is 0 Å². The lowest BCUT2D eigenvalue weighted by Gasteiger charge is -2.14. The maximum Gasteiger partial charge on any atom is 0.0449 e. The van der Waals surface area contributed by atoms with Crippen LogP contribution in [0.5, 0.6) is 0 Å². The Morgan fingerprint density at radius 3 is 2.64 bits per heavy atom. The average Bonchev–Trinajstić information content (AvgIpc) is 2.93. The molecule has 2 rings (SSSR count). The van der Waals surface area contributed by atoms with E-state index in [1.54, 1.807) is 0 Å². The predicted molar refractivity (Wildman–Crippen MR) is 63.6 cm³/mol. The van der Waals surface area contributed by atoms with Crippen LogP contribution in [0.15, 0.2) is 22.7 Å². The first-order valence-corrected chi connectivity index (χ1v) is 5.97. The summed E-state index contributed by atoms with van der Waals surface area (Å²) >= 11 is 9.68. The molecular weight excluding hydrogens is 261 g/mol. The van der Waals surface area contributed by atoms with Gasteiger partial charge in [-0.05, 0) is 48.9 Å². The SMILES string of the molecule is NCC1(Cc2c(Cl)cccc2Br)CC1. The van der Waals surface area contributed by atoms with Gasteiger partial charge in [0.05, 0.1) is 0 Å². The van der Waals surface area contributed by atoms with Crippen molar-refractivity contribution < 1.29 is 0 Å². The van der Waals surface area contributed by atoms with Gasteiger partial charge in [-0.15, -0.1) is 0 Å². The minimum atomic E-state index is 0.341. The molecule has 1 saturated carbocycles. The van der Waals surface area contributed by atoms with Gasteiger partial charge >= 0.3 is 0 Å². The van der Waals surface area contributed by atoms with Crippen LogP contribution < -0.4 is 5.73 Å². The molecule has 2 N–H and O–H groups in total. The molecule has 3 heteroatoms. The van der Waals surface area contributed by atoms with Crippen molar-refractivity contribution in [3.63, 3.8) is 0 Å². The van der Waals surface area contributed by atoms with Crippen molar-refractivity contribution in [2.24, 2.45) is 11.1 Å². The van der Waals surface area contributed by atoms with Crippen LogP contribution in [-0.2, 0) is 6.42 Å². The van der Waals surface area contributed by atoms with Gasteiger partial charge in [0.2, 0.25) is 0 Å². The van der Waals surface area contributed by atoms with Crippen molar-refractivity contribution in [3.05, 3.63) is 33.3 Å². The number of halogens is 2. The fourth-order valence-electron chi connectivity index (χ4n) is 1.71. The molecule has 0 heterocycles. The van der Waals surface area contributed by atoms with Gasteiger partial charge in [-0.25, -0.2) is 0 Å². The third-order valence-electron chi connectivity index (χ3n) is 3.00. The summed E-state index contributed by atoms with van der Waals surface area (Å²) in [5, 5.41) is 0.846. The van der Waals surface area contributed by atoms with Crippen LogP contribution >= 0.6 is 27.5 Å². The second-order valence-corrected chi connectivity index (χ2v) is 5.34. The highest BCUT2D eigenvalue weighted by Gasteiger charge is 2.41. The van der Waals surface area contributed by atoms with Crippen molar-refractivity contribution in [2.45, 2.75) is 19.3 Å². The molecule has 0 amide bonds. The molecule has 76 valence electrons. The molecule has 14 heavy (non-hydrogen) atoms. The smallest absolute Gasteiger partial charge is 0.0449 e. The van der Waals surface area contributed by atoms with Gasteiger partial charge in [-0.3, -0.25) is 0 Å². The number of nitrogens with two attached hydrogens (primary N) is 1. The molecule has 0 radical (unpaired) electrons. The zero-order chi connectivity index (χ0) is 10.2. The van der Waals surface area contributed by atoms with Gasteiger partial charge in [0.25, 0.3) is 0 Å². The van der Waals surface area contributed by atoms with Crippen LogP contribution in [0.1, 0.15) is 18.4 Å². The Morgan fingerprint density at radius 1 is 1.43 bits per heavy atom. The Kier molecular flexibility index (Phi) is 2.87. The monoisotopic (exact) mass is 273 g/mol. The summed E-state index contributed by atoms with van der Waals surface area (Å²) < 4.78 is 1.10. The molecule has 0 atom stereocenters. The van der Waals surface area contributed by atoms with Crippen molar-refractivity contribution in [3.8, 4) is 0 Å².